The third-order valence-corrected chi connectivity index (χ3v) is 3.28. The molecular weight excluding hydrogens is 246 g/mol. The van der Waals surface area contributed by atoms with E-state index in [1.807, 2.05) is 18.2 Å². The topological polar surface area (TPSA) is 41.4 Å². The first kappa shape index (κ1) is 14.0. The summed E-state index contributed by atoms with van der Waals surface area (Å²) in [6.07, 6.45) is 0. The van der Waals surface area contributed by atoms with Crippen LogP contribution in [0.3, 0.4) is 0 Å². The lowest BCUT2D eigenvalue weighted by Gasteiger charge is -2.24. The fourth-order valence-corrected chi connectivity index (χ4v) is 2.17. The highest BCUT2D eigenvalue weighted by molar-refractivity contribution is 5.51. The molecule has 2 rings (SSSR count). The summed E-state index contributed by atoms with van der Waals surface area (Å²) in [4.78, 5) is 1.51. The summed E-state index contributed by atoms with van der Waals surface area (Å²) < 4.78 is 21.8. The number of hydrogen-bond acceptors (Lipinski definition) is 4. The van der Waals surface area contributed by atoms with Crippen LogP contribution in [0.15, 0.2) is 18.2 Å². The zero-order valence-corrected chi connectivity index (χ0v) is 11.6. The molecular formula is C14H22NO4+. The molecule has 0 amide bonds. The maximum Gasteiger partial charge on any atom is 0.203 e. The van der Waals surface area contributed by atoms with Crippen molar-refractivity contribution in [2.24, 2.45) is 0 Å². The molecule has 1 aliphatic heterocycles. The summed E-state index contributed by atoms with van der Waals surface area (Å²) in [5.41, 5.74) is 0. The van der Waals surface area contributed by atoms with Crippen molar-refractivity contribution in [1.82, 2.24) is 0 Å². The van der Waals surface area contributed by atoms with Gasteiger partial charge in [0.05, 0.1) is 27.4 Å². The largest absolute Gasteiger partial charge is 0.493 e. The van der Waals surface area contributed by atoms with Crippen molar-refractivity contribution in [1.29, 1.82) is 0 Å². The van der Waals surface area contributed by atoms with Gasteiger partial charge < -0.3 is 23.8 Å². The van der Waals surface area contributed by atoms with E-state index in [1.54, 1.807) is 14.2 Å². The minimum absolute atomic E-state index is 0.645. The summed E-state index contributed by atoms with van der Waals surface area (Å²) in [6.45, 7) is 5.39. The molecule has 1 saturated heterocycles. The lowest BCUT2D eigenvalue weighted by atomic mass is 10.3. The van der Waals surface area contributed by atoms with Crippen LogP contribution in [-0.2, 0) is 4.74 Å². The number of quaternary nitrogens is 1. The molecule has 0 spiro atoms. The van der Waals surface area contributed by atoms with Gasteiger partial charge in [-0.3, -0.25) is 0 Å². The second kappa shape index (κ2) is 7.21. The van der Waals surface area contributed by atoms with Crippen LogP contribution >= 0.6 is 0 Å². The molecule has 1 N–H and O–H groups in total. The fraction of sp³-hybridized carbons (Fsp3) is 0.571. The van der Waals surface area contributed by atoms with E-state index in [4.69, 9.17) is 18.9 Å². The van der Waals surface area contributed by atoms with Crippen molar-refractivity contribution >= 4 is 0 Å². The Kier molecular flexibility index (Phi) is 5.30. The van der Waals surface area contributed by atoms with Gasteiger partial charge in [0.2, 0.25) is 5.75 Å². The van der Waals surface area contributed by atoms with Gasteiger partial charge in [-0.25, -0.2) is 0 Å². The normalized spacial score (nSPS) is 16.1. The summed E-state index contributed by atoms with van der Waals surface area (Å²) in [5.74, 6) is 2.09. The molecule has 0 aromatic heterocycles. The average Bonchev–Trinajstić information content (AvgIpc) is 2.48. The van der Waals surface area contributed by atoms with Gasteiger partial charge >= 0.3 is 0 Å². The van der Waals surface area contributed by atoms with Crippen LogP contribution in [0.4, 0.5) is 0 Å². The highest BCUT2D eigenvalue weighted by atomic mass is 16.5. The first-order chi connectivity index (χ1) is 9.35. The molecule has 0 bridgehead atoms. The Balaban J connectivity index is 1.90. The highest BCUT2D eigenvalue weighted by Gasteiger charge is 2.15. The maximum absolute atomic E-state index is 5.84. The van der Waals surface area contributed by atoms with Gasteiger partial charge in [-0.2, -0.15) is 0 Å². The third-order valence-electron chi connectivity index (χ3n) is 3.28. The summed E-state index contributed by atoms with van der Waals surface area (Å²) in [7, 11) is 3.27. The SMILES string of the molecule is COc1cccc(OC)c1OCC[NH+]1CCOCC1. The number of ether oxygens (including phenoxy) is 4. The Hall–Kier alpha value is -1.46. The van der Waals surface area contributed by atoms with Crippen molar-refractivity contribution in [3.05, 3.63) is 18.2 Å². The minimum atomic E-state index is 0.645. The molecule has 0 saturated carbocycles. The smallest absolute Gasteiger partial charge is 0.203 e. The van der Waals surface area contributed by atoms with E-state index >= 15 is 0 Å². The van der Waals surface area contributed by atoms with Crippen LogP contribution in [0.2, 0.25) is 0 Å². The van der Waals surface area contributed by atoms with Crippen LogP contribution in [0.5, 0.6) is 17.2 Å². The number of benzene rings is 1. The van der Waals surface area contributed by atoms with E-state index in [0.717, 1.165) is 32.8 Å². The van der Waals surface area contributed by atoms with Gasteiger partial charge in [-0.1, -0.05) is 6.07 Å². The van der Waals surface area contributed by atoms with Crippen molar-refractivity contribution in [3.8, 4) is 17.2 Å². The van der Waals surface area contributed by atoms with Gasteiger partial charge in [-0.05, 0) is 12.1 Å². The highest BCUT2D eigenvalue weighted by Crippen LogP contribution is 2.36. The fourth-order valence-electron chi connectivity index (χ4n) is 2.17. The Labute approximate surface area is 114 Å². The number of rotatable bonds is 6. The van der Waals surface area contributed by atoms with E-state index in [9.17, 15) is 0 Å². The molecule has 0 unspecified atom stereocenters. The molecule has 1 aliphatic rings. The molecule has 1 fully saturated rings. The molecule has 0 radical (unpaired) electrons. The Morgan fingerprint density at radius 3 is 2.32 bits per heavy atom. The van der Waals surface area contributed by atoms with Gasteiger partial charge in [-0.15, -0.1) is 0 Å². The number of hydrogen-bond donors (Lipinski definition) is 1. The summed E-state index contributed by atoms with van der Waals surface area (Å²) in [6, 6.07) is 5.64. The van der Waals surface area contributed by atoms with Crippen LogP contribution in [0, 0.1) is 0 Å². The Morgan fingerprint density at radius 2 is 1.74 bits per heavy atom. The predicted octanol–water partition coefficient (Wildman–Crippen LogP) is -0.00230. The first-order valence-corrected chi connectivity index (χ1v) is 6.60. The van der Waals surface area contributed by atoms with Gasteiger partial charge in [0.25, 0.3) is 0 Å². The van der Waals surface area contributed by atoms with Crippen LogP contribution in [0.1, 0.15) is 0 Å². The molecule has 1 aromatic carbocycles. The standard InChI is InChI=1S/C14H21NO4/c1-16-12-4-3-5-13(17-2)14(12)19-11-8-15-6-9-18-10-7-15/h3-5H,6-11H2,1-2H3/p+1. The maximum atomic E-state index is 5.84. The molecule has 1 aromatic rings. The quantitative estimate of drug-likeness (QED) is 0.788. The van der Waals surface area contributed by atoms with Crippen LogP contribution in [-0.4, -0.2) is 53.7 Å². The molecule has 1 heterocycles. The van der Waals surface area contributed by atoms with E-state index < -0.39 is 0 Å². The number of methoxy groups -OCH3 is 2. The molecule has 5 heteroatoms. The lowest BCUT2D eigenvalue weighted by Crippen LogP contribution is -3.14. The van der Waals surface area contributed by atoms with E-state index in [0.29, 0.717) is 23.9 Å². The van der Waals surface area contributed by atoms with Crippen molar-refractivity contribution in [2.75, 3.05) is 53.7 Å². The van der Waals surface area contributed by atoms with Crippen molar-refractivity contribution < 1.29 is 23.8 Å². The van der Waals surface area contributed by atoms with Gasteiger partial charge in [0.1, 0.15) is 26.2 Å². The molecule has 5 nitrogen and oxygen atoms in total. The lowest BCUT2D eigenvalue weighted by molar-refractivity contribution is -0.908. The van der Waals surface area contributed by atoms with Crippen LogP contribution < -0.4 is 19.1 Å². The molecule has 106 valence electrons. The zero-order chi connectivity index (χ0) is 13.5. The van der Waals surface area contributed by atoms with E-state index in [-0.39, 0.29) is 0 Å². The Morgan fingerprint density at radius 1 is 1.11 bits per heavy atom. The monoisotopic (exact) mass is 268 g/mol. The zero-order valence-electron chi connectivity index (χ0n) is 11.6. The number of nitrogens with one attached hydrogen (secondary N) is 1. The summed E-state index contributed by atoms with van der Waals surface area (Å²) >= 11 is 0. The predicted molar refractivity (Wildman–Crippen MR) is 71.4 cm³/mol. The van der Waals surface area contributed by atoms with Crippen molar-refractivity contribution in [3.63, 3.8) is 0 Å². The first-order valence-electron chi connectivity index (χ1n) is 6.60. The molecule has 0 atom stereocenters. The second-order valence-corrected chi connectivity index (χ2v) is 4.45. The third kappa shape index (κ3) is 3.75. The van der Waals surface area contributed by atoms with Gasteiger partial charge in [0, 0.05) is 0 Å². The second-order valence-electron chi connectivity index (χ2n) is 4.45. The van der Waals surface area contributed by atoms with Crippen LogP contribution in [0.25, 0.3) is 0 Å². The van der Waals surface area contributed by atoms with E-state index in [1.165, 1.54) is 4.90 Å². The molecule has 19 heavy (non-hydrogen) atoms. The van der Waals surface area contributed by atoms with Crippen molar-refractivity contribution in [2.45, 2.75) is 0 Å². The number of para-hydroxylation sites is 1. The number of morpholine rings is 1. The average molecular weight is 268 g/mol. The summed E-state index contributed by atoms with van der Waals surface area (Å²) in [5, 5.41) is 0. The minimum Gasteiger partial charge on any atom is -0.493 e. The van der Waals surface area contributed by atoms with E-state index in [2.05, 4.69) is 0 Å². The van der Waals surface area contributed by atoms with Gasteiger partial charge in [0.15, 0.2) is 11.5 Å². The Bertz CT molecular complexity index is 369. The molecule has 0 aliphatic carbocycles.